The Labute approximate surface area is 63.9 Å². The van der Waals surface area contributed by atoms with Gasteiger partial charge in [-0.1, -0.05) is 0 Å². The molecule has 0 amide bonds. The summed E-state index contributed by atoms with van der Waals surface area (Å²) in [5.41, 5.74) is 0. The van der Waals surface area contributed by atoms with Crippen LogP contribution in [0.5, 0.6) is 0 Å². The van der Waals surface area contributed by atoms with Crippen molar-refractivity contribution in [3.8, 4) is 0 Å². The zero-order valence-corrected chi connectivity index (χ0v) is 8.80. The Kier molecular flexibility index (Phi) is 76.2. The van der Waals surface area contributed by atoms with E-state index in [4.69, 9.17) is 0 Å². The Morgan fingerprint density at radius 1 is 1.25 bits per heavy atom. The first-order valence-corrected chi connectivity index (χ1v) is 6.36. The molecule has 0 heterocycles. The molecular weight excluding hydrogens is 296 g/mol. The molecule has 0 aliphatic rings. The van der Waals surface area contributed by atoms with Gasteiger partial charge in [-0.3, -0.25) is 0 Å². The van der Waals surface area contributed by atoms with E-state index < -0.39 is 0 Å². The van der Waals surface area contributed by atoms with Gasteiger partial charge in [0.15, 0.2) is 0 Å². The van der Waals surface area contributed by atoms with Gasteiger partial charge in [-0.25, -0.2) is 0 Å². The number of rotatable bonds is 0. The molecule has 0 aliphatic heterocycles. The van der Waals surface area contributed by atoms with Gasteiger partial charge >= 0.3 is 64.7 Å². The summed E-state index contributed by atoms with van der Waals surface area (Å²) in [6.45, 7) is 0. The normalized spacial score (nSPS) is 0.750. The molecule has 0 rings (SSSR count). The van der Waals surface area contributed by atoms with Gasteiger partial charge in [-0.2, -0.15) is 0 Å². The van der Waals surface area contributed by atoms with Crippen molar-refractivity contribution >= 4 is 64.7 Å². The van der Waals surface area contributed by atoms with Crippen LogP contribution in [0.15, 0.2) is 0 Å². The van der Waals surface area contributed by atoms with Gasteiger partial charge in [0.2, 0.25) is 0 Å². The molecule has 0 spiro atoms. The molecule has 1 radical (unpaired) electrons. The van der Waals surface area contributed by atoms with E-state index in [-0.39, 0.29) is 35.6 Å². The van der Waals surface area contributed by atoms with Crippen molar-refractivity contribution in [1.82, 2.24) is 0 Å². The molecule has 1 atom stereocenters. The summed E-state index contributed by atoms with van der Waals surface area (Å²) >= 11 is 4.25. The van der Waals surface area contributed by atoms with E-state index in [0.29, 0.717) is 0 Å². The molecule has 1 unspecified atom stereocenters. The van der Waals surface area contributed by atoms with E-state index in [0.717, 1.165) is 0 Å². The van der Waals surface area contributed by atoms with Gasteiger partial charge in [0.05, 0.1) is 0 Å². The number of hydrogen-bond donors (Lipinski definition) is 0. The minimum atomic E-state index is 0. The van der Waals surface area contributed by atoms with Crippen molar-refractivity contribution in [2.24, 2.45) is 0 Å². The molecule has 0 bridgehead atoms. The quantitative estimate of drug-likeness (QED) is 0.410. The zero-order valence-electron chi connectivity index (χ0n) is 1.69. The summed E-state index contributed by atoms with van der Waals surface area (Å²) in [5.74, 6) is 0. The van der Waals surface area contributed by atoms with Crippen LogP contribution in [0.25, 0.3) is 0 Å². The van der Waals surface area contributed by atoms with Crippen LogP contribution in [0.1, 0.15) is 0 Å². The maximum absolute atomic E-state index is 2.69. The molecule has 0 saturated carbocycles. The predicted octanol–water partition coefficient (Wildman–Crippen LogP) is -3.40. The Balaban J connectivity index is -0.00000000500. The standard InChI is InChI=1S/AsH3.Ga.GeH4.Se/h1H3;;1H4;. The maximum atomic E-state index is 2.69. The molecule has 25 valence electrons. The van der Waals surface area contributed by atoms with Crippen LogP contribution in [0.2, 0.25) is 0 Å². The van der Waals surface area contributed by atoms with E-state index >= 15 is 0 Å². The van der Waals surface area contributed by atoms with Gasteiger partial charge in [0.25, 0.3) is 0 Å². The van der Waals surface area contributed by atoms with Gasteiger partial charge in [0, 0.05) is 0 Å². The first-order valence-electron chi connectivity index (χ1n) is 0.236. The molecule has 4 heavy (non-hydrogen) atoms. The van der Waals surface area contributed by atoms with Crippen LogP contribution in [0.4, 0.5) is 0 Å². The summed E-state index contributed by atoms with van der Waals surface area (Å²) in [7, 11) is 0. The van der Waals surface area contributed by atoms with Crippen LogP contribution in [-0.2, 0) is 0 Å². The molecule has 0 aromatic heterocycles. The van der Waals surface area contributed by atoms with Crippen molar-refractivity contribution in [3.05, 3.63) is 0 Å². The second-order valence-corrected chi connectivity index (χ2v) is 0. The van der Waals surface area contributed by atoms with Crippen LogP contribution >= 0.6 is 0 Å². The zero-order chi connectivity index (χ0) is 2.00. The Morgan fingerprint density at radius 3 is 1.25 bits per heavy atom. The van der Waals surface area contributed by atoms with Crippen LogP contribution < -0.4 is 0 Å². The minimum absolute atomic E-state index is 0. The predicted molar refractivity (Wildman–Crippen MR) is 32.8 cm³/mol. The van der Waals surface area contributed by atoms with Crippen molar-refractivity contribution in [3.63, 3.8) is 0 Å². The second-order valence-electron chi connectivity index (χ2n) is 0. The molecule has 0 N–H and O–H groups in total. The molecule has 0 fully saturated rings. The van der Waals surface area contributed by atoms with Gasteiger partial charge in [-0.15, -0.1) is 0 Å². The fourth-order valence-corrected chi connectivity index (χ4v) is 0. The van der Waals surface area contributed by atoms with E-state index in [9.17, 15) is 0 Å². The molecule has 0 nitrogen and oxygen atoms in total. The second kappa shape index (κ2) is 18.7. The molecule has 0 saturated heterocycles. The third kappa shape index (κ3) is 8.86. The third-order valence-electron chi connectivity index (χ3n) is 0. The van der Waals surface area contributed by atoms with E-state index in [1.807, 2.05) is 0 Å². The fourth-order valence-electron chi connectivity index (χ4n) is 0. The van der Waals surface area contributed by atoms with Crippen LogP contribution in [0, 0.1) is 0 Å². The first kappa shape index (κ1) is 16.3. The van der Waals surface area contributed by atoms with Crippen molar-refractivity contribution < 1.29 is 0 Å². The average molecular weight is 303 g/mol. The van der Waals surface area contributed by atoms with E-state index in [2.05, 4.69) is 13.1 Å². The van der Waals surface area contributed by atoms with Crippen LogP contribution in [-0.4, -0.2) is 64.7 Å². The van der Waals surface area contributed by atoms with Gasteiger partial charge in [-0.05, 0) is 0 Å². The summed E-state index contributed by atoms with van der Waals surface area (Å²) in [4.78, 5) is 0. The summed E-state index contributed by atoms with van der Waals surface area (Å²) < 4.78 is 0. The average Bonchev–Trinajstić information content (AvgIpc) is 1.00. The Morgan fingerprint density at radius 2 is 1.25 bits per heavy atom. The summed E-state index contributed by atoms with van der Waals surface area (Å²) in [6, 6.07) is 0. The summed E-state index contributed by atoms with van der Waals surface area (Å²) in [5, 5.41) is 0. The van der Waals surface area contributed by atoms with Crippen molar-refractivity contribution in [2.75, 3.05) is 0 Å². The Bertz CT molecular complexity index is 8.00. The molecule has 0 aromatic carbocycles. The van der Waals surface area contributed by atoms with E-state index in [1.165, 1.54) is 0 Å². The Hall–Kier alpha value is 2.26. The fraction of sp³-hybridized carbons (Fsp3) is 0. The molecular formula is H7AsGaGeSe. The SMILES string of the molecule is [AsH3].[Ga]=[Se].[GeH4]. The molecule has 0 aromatic rings. The molecule has 4 heteroatoms. The van der Waals surface area contributed by atoms with E-state index in [1.54, 1.807) is 16.0 Å². The number of hydrogen-bond acceptors (Lipinski definition) is 0. The summed E-state index contributed by atoms with van der Waals surface area (Å²) in [6.07, 6.45) is 0. The monoisotopic (exact) mass is 305 g/mol. The first-order chi connectivity index (χ1) is 1.00. The van der Waals surface area contributed by atoms with Crippen molar-refractivity contribution in [1.29, 1.82) is 0 Å². The van der Waals surface area contributed by atoms with Gasteiger partial charge in [0.1, 0.15) is 0 Å². The van der Waals surface area contributed by atoms with Gasteiger partial charge < -0.3 is 0 Å². The topological polar surface area (TPSA) is 0 Å². The third-order valence-corrected chi connectivity index (χ3v) is 0. The van der Waals surface area contributed by atoms with Crippen molar-refractivity contribution in [2.45, 2.75) is 0 Å². The molecule has 0 aliphatic carbocycles. The van der Waals surface area contributed by atoms with Crippen LogP contribution in [0.3, 0.4) is 0 Å².